The lowest BCUT2D eigenvalue weighted by Gasteiger charge is -2.32. The van der Waals surface area contributed by atoms with Crippen LogP contribution in [-0.4, -0.2) is 24.1 Å². The summed E-state index contributed by atoms with van der Waals surface area (Å²) in [4.78, 5) is 7.47. The molecule has 0 radical (unpaired) electrons. The van der Waals surface area contributed by atoms with Crippen LogP contribution in [0.4, 0.5) is 5.82 Å². The maximum atomic E-state index is 4.91. The summed E-state index contributed by atoms with van der Waals surface area (Å²) in [5, 5.41) is 3.39. The molecule has 3 nitrogen and oxygen atoms in total. The average molecular weight is 289 g/mol. The first kappa shape index (κ1) is 16.3. The maximum absolute atomic E-state index is 4.91. The van der Waals surface area contributed by atoms with Crippen LogP contribution >= 0.6 is 0 Å². The third-order valence-corrected chi connectivity index (χ3v) is 4.37. The van der Waals surface area contributed by atoms with E-state index in [9.17, 15) is 0 Å². The topological polar surface area (TPSA) is 28.2 Å². The minimum atomic E-state index is 0.675. The van der Waals surface area contributed by atoms with Gasteiger partial charge in [0, 0.05) is 24.8 Å². The fourth-order valence-electron chi connectivity index (χ4n) is 3.22. The van der Waals surface area contributed by atoms with Gasteiger partial charge in [-0.15, -0.1) is 0 Å². The molecule has 0 atom stereocenters. The van der Waals surface area contributed by atoms with Gasteiger partial charge in [0.2, 0.25) is 0 Å². The van der Waals surface area contributed by atoms with Gasteiger partial charge in [-0.25, -0.2) is 4.98 Å². The lowest BCUT2D eigenvalue weighted by atomic mass is 10.1. The molecule has 1 saturated carbocycles. The van der Waals surface area contributed by atoms with E-state index in [1.807, 2.05) is 0 Å². The average Bonchev–Trinajstić information content (AvgIpc) is 2.97. The van der Waals surface area contributed by atoms with Gasteiger partial charge < -0.3 is 10.2 Å². The largest absolute Gasteiger partial charge is 0.353 e. The molecule has 0 amide bonds. The fraction of sp³-hybridized carbons (Fsp3) is 0.722. The van der Waals surface area contributed by atoms with E-state index in [-0.39, 0.29) is 0 Å². The van der Waals surface area contributed by atoms with Gasteiger partial charge in [-0.3, -0.25) is 0 Å². The van der Waals surface area contributed by atoms with E-state index in [1.54, 1.807) is 0 Å². The van der Waals surface area contributed by atoms with Crippen LogP contribution in [0.5, 0.6) is 0 Å². The normalized spacial score (nSPS) is 15.9. The smallest absolute Gasteiger partial charge is 0.129 e. The molecule has 0 unspecified atom stereocenters. The maximum Gasteiger partial charge on any atom is 0.129 e. The molecule has 3 heteroatoms. The highest BCUT2D eigenvalue weighted by Crippen LogP contribution is 2.28. The summed E-state index contributed by atoms with van der Waals surface area (Å²) < 4.78 is 0. The number of nitrogens with zero attached hydrogens (tertiary/aromatic N) is 2. The van der Waals surface area contributed by atoms with Crippen molar-refractivity contribution in [2.24, 2.45) is 5.92 Å². The van der Waals surface area contributed by atoms with Gasteiger partial charge in [-0.05, 0) is 43.9 Å². The Morgan fingerprint density at radius 1 is 1.29 bits per heavy atom. The molecule has 0 aromatic carbocycles. The highest BCUT2D eigenvalue weighted by molar-refractivity contribution is 5.43. The summed E-state index contributed by atoms with van der Waals surface area (Å²) in [7, 11) is 0. The Hall–Kier alpha value is -1.09. The zero-order valence-corrected chi connectivity index (χ0v) is 14.2. The minimum absolute atomic E-state index is 0.675. The van der Waals surface area contributed by atoms with E-state index in [4.69, 9.17) is 4.98 Å². The van der Waals surface area contributed by atoms with Gasteiger partial charge in [0.05, 0.1) is 0 Å². The SMILES string of the molecule is CCNCc1ccc(N(CC(C)C)C2CCCC2)nc1C. The molecular weight excluding hydrogens is 258 g/mol. The molecule has 21 heavy (non-hydrogen) atoms. The van der Waals surface area contributed by atoms with Crippen LogP contribution in [0, 0.1) is 12.8 Å². The molecule has 2 rings (SSSR count). The summed E-state index contributed by atoms with van der Waals surface area (Å²) in [5.74, 6) is 1.85. The molecule has 0 aliphatic heterocycles. The summed E-state index contributed by atoms with van der Waals surface area (Å²) in [6.45, 7) is 11.9. The molecule has 118 valence electrons. The molecule has 1 aliphatic rings. The lowest BCUT2D eigenvalue weighted by molar-refractivity contribution is 0.530. The monoisotopic (exact) mass is 289 g/mol. The quantitative estimate of drug-likeness (QED) is 0.825. The molecule has 0 saturated heterocycles. The fourth-order valence-corrected chi connectivity index (χ4v) is 3.22. The van der Waals surface area contributed by atoms with Crippen molar-refractivity contribution in [3.05, 3.63) is 23.4 Å². The van der Waals surface area contributed by atoms with Crippen molar-refractivity contribution in [3.8, 4) is 0 Å². The number of hydrogen-bond acceptors (Lipinski definition) is 3. The molecule has 0 spiro atoms. The minimum Gasteiger partial charge on any atom is -0.353 e. The van der Waals surface area contributed by atoms with Crippen LogP contribution in [0.15, 0.2) is 12.1 Å². The van der Waals surface area contributed by atoms with E-state index in [2.05, 4.69) is 50.0 Å². The molecule has 1 heterocycles. The molecular formula is C18H31N3. The summed E-state index contributed by atoms with van der Waals surface area (Å²) in [6.07, 6.45) is 5.40. The molecule has 1 aromatic heterocycles. The van der Waals surface area contributed by atoms with E-state index in [0.717, 1.165) is 19.6 Å². The van der Waals surface area contributed by atoms with Crippen molar-refractivity contribution in [1.29, 1.82) is 0 Å². The zero-order chi connectivity index (χ0) is 15.2. The number of aryl methyl sites for hydroxylation is 1. The van der Waals surface area contributed by atoms with Crippen LogP contribution in [0.25, 0.3) is 0 Å². The standard InChI is InChI=1S/C18H31N3/c1-5-19-12-16-10-11-18(20-15(16)4)21(13-14(2)3)17-8-6-7-9-17/h10-11,14,17,19H,5-9,12-13H2,1-4H3. The summed E-state index contributed by atoms with van der Waals surface area (Å²) in [5.41, 5.74) is 2.48. The van der Waals surface area contributed by atoms with Gasteiger partial charge >= 0.3 is 0 Å². The Kier molecular flexibility index (Phi) is 6.04. The van der Waals surface area contributed by atoms with Crippen molar-refractivity contribution in [2.75, 3.05) is 18.0 Å². The van der Waals surface area contributed by atoms with Gasteiger partial charge in [0.25, 0.3) is 0 Å². The van der Waals surface area contributed by atoms with Crippen molar-refractivity contribution >= 4 is 5.82 Å². The third-order valence-electron chi connectivity index (χ3n) is 4.37. The van der Waals surface area contributed by atoms with Gasteiger partial charge in [0.15, 0.2) is 0 Å². The van der Waals surface area contributed by atoms with Crippen molar-refractivity contribution < 1.29 is 0 Å². The molecule has 1 N–H and O–H groups in total. The van der Waals surface area contributed by atoms with Crippen LogP contribution in [0.2, 0.25) is 0 Å². The van der Waals surface area contributed by atoms with Crippen LogP contribution in [-0.2, 0) is 6.54 Å². The second kappa shape index (κ2) is 7.79. The van der Waals surface area contributed by atoms with Crippen LogP contribution < -0.4 is 10.2 Å². The summed E-state index contributed by atoms with van der Waals surface area (Å²) in [6, 6.07) is 5.17. The van der Waals surface area contributed by atoms with Crippen molar-refractivity contribution in [3.63, 3.8) is 0 Å². The Balaban J connectivity index is 2.16. The molecule has 1 aromatic rings. The highest BCUT2D eigenvalue weighted by atomic mass is 15.2. The number of aromatic nitrogens is 1. The first-order valence-corrected chi connectivity index (χ1v) is 8.55. The summed E-state index contributed by atoms with van der Waals surface area (Å²) >= 11 is 0. The molecule has 0 bridgehead atoms. The highest BCUT2D eigenvalue weighted by Gasteiger charge is 2.24. The molecule has 1 aliphatic carbocycles. The van der Waals surface area contributed by atoms with Gasteiger partial charge in [-0.1, -0.05) is 39.7 Å². The van der Waals surface area contributed by atoms with E-state index >= 15 is 0 Å². The Morgan fingerprint density at radius 2 is 2.00 bits per heavy atom. The lowest BCUT2D eigenvalue weighted by Crippen LogP contribution is -2.37. The Bertz CT molecular complexity index is 436. The van der Waals surface area contributed by atoms with Gasteiger partial charge in [-0.2, -0.15) is 0 Å². The predicted molar refractivity (Wildman–Crippen MR) is 90.8 cm³/mol. The van der Waals surface area contributed by atoms with E-state index < -0.39 is 0 Å². The number of nitrogens with one attached hydrogen (secondary N) is 1. The van der Waals surface area contributed by atoms with Crippen LogP contribution in [0.1, 0.15) is 57.7 Å². The molecule has 1 fully saturated rings. The van der Waals surface area contributed by atoms with Crippen molar-refractivity contribution in [2.45, 2.75) is 66.0 Å². The first-order valence-electron chi connectivity index (χ1n) is 8.55. The first-order chi connectivity index (χ1) is 10.1. The number of rotatable bonds is 7. The number of anilines is 1. The Morgan fingerprint density at radius 3 is 2.57 bits per heavy atom. The Labute approximate surface area is 130 Å². The second-order valence-corrected chi connectivity index (χ2v) is 6.68. The number of hydrogen-bond donors (Lipinski definition) is 1. The van der Waals surface area contributed by atoms with E-state index in [0.29, 0.717) is 12.0 Å². The van der Waals surface area contributed by atoms with E-state index in [1.165, 1.54) is 42.8 Å². The third kappa shape index (κ3) is 4.44. The van der Waals surface area contributed by atoms with Gasteiger partial charge in [0.1, 0.15) is 5.82 Å². The van der Waals surface area contributed by atoms with Crippen LogP contribution in [0.3, 0.4) is 0 Å². The predicted octanol–water partition coefficient (Wildman–Crippen LogP) is 3.90. The van der Waals surface area contributed by atoms with Crippen molar-refractivity contribution in [1.82, 2.24) is 10.3 Å². The second-order valence-electron chi connectivity index (χ2n) is 6.68. The zero-order valence-electron chi connectivity index (χ0n) is 14.2. The number of pyridine rings is 1.